The lowest BCUT2D eigenvalue weighted by Gasteiger charge is -2.08. The van der Waals surface area contributed by atoms with E-state index in [1.54, 1.807) is 0 Å². The van der Waals surface area contributed by atoms with Gasteiger partial charge in [-0.25, -0.2) is 4.68 Å². The van der Waals surface area contributed by atoms with Crippen LogP contribution < -0.4 is 11.2 Å². The Morgan fingerprint density at radius 2 is 2.00 bits per heavy atom. The second-order valence-corrected chi connectivity index (χ2v) is 6.32. The van der Waals surface area contributed by atoms with Crippen LogP contribution in [0.15, 0.2) is 47.6 Å². The maximum atomic E-state index is 12.2. The van der Waals surface area contributed by atoms with Crippen molar-refractivity contribution in [1.29, 1.82) is 0 Å². The van der Waals surface area contributed by atoms with Gasteiger partial charge in [0.1, 0.15) is 0 Å². The minimum atomic E-state index is -0.101. The molecule has 3 rings (SSSR count). The summed E-state index contributed by atoms with van der Waals surface area (Å²) in [6.07, 6.45) is 1.72. The van der Waals surface area contributed by atoms with Crippen LogP contribution in [0.2, 0.25) is 0 Å². The molecule has 1 amide bonds. The highest BCUT2D eigenvalue weighted by atomic mass is 32.2. The number of nitrogens with zero attached hydrogens (tertiary/aromatic N) is 3. The van der Waals surface area contributed by atoms with Crippen LogP contribution in [0.3, 0.4) is 0 Å². The van der Waals surface area contributed by atoms with Crippen molar-refractivity contribution in [2.75, 3.05) is 16.9 Å². The van der Waals surface area contributed by atoms with Gasteiger partial charge in [0, 0.05) is 17.5 Å². The number of benzene rings is 2. The summed E-state index contributed by atoms with van der Waals surface area (Å²) in [6.45, 7) is 2.05. The Morgan fingerprint density at radius 3 is 2.83 bits per heavy atom. The van der Waals surface area contributed by atoms with Crippen molar-refractivity contribution in [3.63, 3.8) is 0 Å². The van der Waals surface area contributed by atoms with Gasteiger partial charge < -0.3 is 11.2 Å². The van der Waals surface area contributed by atoms with Crippen LogP contribution in [0.5, 0.6) is 0 Å². The molecule has 3 N–H and O–H groups in total. The number of carbonyl (C=O) groups excluding carboxylic acids is 1. The van der Waals surface area contributed by atoms with Crippen molar-refractivity contribution < 1.29 is 4.79 Å². The summed E-state index contributed by atoms with van der Waals surface area (Å²) in [4.78, 5) is 12.2. The zero-order chi connectivity index (χ0) is 16.9. The van der Waals surface area contributed by atoms with E-state index < -0.39 is 0 Å². The molecule has 0 saturated carbocycles. The van der Waals surface area contributed by atoms with E-state index in [4.69, 9.17) is 5.84 Å². The molecule has 7 heteroatoms. The molecule has 1 heterocycles. The number of hydrogen-bond acceptors (Lipinski definition) is 5. The Labute approximate surface area is 144 Å². The second-order valence-electron chi connectivity index (χ2n) is 5.38. The molecule has 6 nitrogen and oxygen atoms in total. The first-order valence-corrected chi connectivity index (χ1v) is 8.77. The topological polar surface area (TPSA) is 85.8 Å². The molecule has 2 aromatic carbocycles. The summed E-state index contributed by atoms with van der Waals surface area (Å²) in [5, 5.41) is 13.7. The van der Waals surface area contributed by atoms with Crippen molar-refractivity contribution in [1.82, 2.24) is 14.9 Å². The molecule has 0 unspecified atom stereocenters. The van der Waals surface area contributed by atoms with E-state index in [2.05, 4.69) is 22.4 Å². The number of nitrogens with one attached hydrogen (secondary N) is 1. The van der Waals surface area contributed by atoms with Gasteiger partial charge in [0.05, 0.1) is 5.75 Å². The largest absolute Gasteiger partial charge is 0.336 e. The maximum Gasteiger partial charge on any atom is 0.234 e. The molecule has 0 radical (unpaired) electrons. The summed E-state index contributed by atoms with van der Waals surface area (Å²) < 4.78 is 1.46. The Bertz CT molecular complexity index is 856. The van der Waals surface area contributed by atoms with E-state index in [1.807, 2.05) is 42.5 Å². The molecule has 124 valence electrons. The van der Waals surface area contributed by atoms with Crippen molar-refractivity contribution in [2.24, 2.45) is 0 Å². The Kier molecular flexibility index (Phi) is 5.00. The van der Waals surface area contributed by atoms with Crippen LogP contribution in [-0.2, 0) is 11.2 Å². The molecule has 24 heavy (non-hydrogen) atoms. The summed E-state index contributed by atoms with van der Waals surface area (Å²) in [6, 6.07) is 13.8. The smallest absolute Gasteiger partial charge is 0.234 e. The second kappa shape index (κ2) is 7.35. The van der Waals surface area contributed by atoms with Gasteiger partial charge in [0.25, 0.3) is 0 Å². The molecule has 0 aliphatic carbocycles. The number of hydrogen-bond donors (Lipinski definition) is 2. The molecule has 3 aromatic rings. The standard InChI is InChI=1S/C17H19N5OS/c1-2-6-15-20-21-17(22(15)18)24-11-16(23)19-14-10-5-8-12-7-3-4-9-13(12)14/h3-5,7-10H,2,6,11,18H2,1H3,(H,19,23). The zero-order valence-corrected chi connectivity index (χ0v) is 14.2. The van der Waals surface area contributed by atoms with Crippen molar-refractivity contribution in [3.8, 4) is 0 Å². The first-order chi connectivity index (χ1) is 11.7. The molecular formula is C17H19N5OS. The number of fused-ring (bicyclic) bond motifs is 1. The highest BCUT2D eigenvalue weighted by molar-refractivity contribution is 7.99. The third-order valence-corrected chi connectivity index (χ3v) is 4.55. The van der Waals surface area contributed by atoms with Gasteiger partial charge in [-0.05, 0) is 17.9 Å². The third kappa shape index (κ3) is 3.51. The Hall–Kier alpha value is -2.54. The van der Waals surface area contributed by atoms with E-state index in [0.29, 0.717) is 5.16 Å². The number of aromatic nitrogens is 3. The Morgan fingerprint density at radius 1 is 1.21 bits per heavy atom. The minimum Gasteiger partial charge on any atom is -0.336 e. The summed E-state index contributed by atoms with van der Waals surface area (Å²) in [7, 11) is 0. The first-order valence-electron chi connectivity index (χ1n) is 7.79. The number of amides is 1. The van der Waals surface area contributed by atoms with Crippen LogP contribution in [0.1, 0.15) is 19.2 Å². The molecule has 0 fully saturated rings. The van der Waals surface area contributed by atoms with Crippen LogP contribution in [-0.4, -0.2) is 26.5 Å². The summed E-state index contributed by atoms with van der Waals surface area (Å²) >= 11 is 1.28. The SMILES string of the molecule is CCCc1nnc(SCC(=O)Nc2cccc3ccccc23)n1N. The number of carbonyl (C=O) groups is 1. The van der Waals surface area contributed by atoms with E-state index in [-0.39, 0.29) is 11.7 Å². The fraction of sp³-hybridized carbons (Fsp3) is 0.235. The van der Waals surface area contributed by atoms with E-state index >= 15 is 0 Å². The van der Waals surface area contributed by atoms with Crippen LogP contribution in [0, 0.1) is 0 Å². The lowest BCUT2D eigenvalue weighted by molar-refractivity contribution is -0.113. The predicted molar refractivity (Wildman–Crippen MR) is 97.5 cm³/mol. The zero-order valence-electron chi connectivity index (χ0n) is 13.4. The number of nitrogen functional groups attached to an aromatic ring is 1. The molecule has 0 saturated heterocycles. The van der Waals surface area contributed by atoms with E-state index in [0.717, 1.165) is 35.1 Å². The number of rotatable bonds is 6. The fourth-order valence-electron chi connectivity index (χ4n) is 2.45. The van der Waals surface area contributed by atoms with Gasteiger partial charge in [-0.3, -0.25) is 4.79 Å². The lowest BCUT2D eigenvalue weighted by atomic mass is 10.1. The lowest BCUT2D eigenvalue weighted by Crippen LogP contribution is -2.17. The van der Waals surface area contributed by atoms with Crippen molar-refractivity contribution in [2.45, 2.75) is 24.9 Å². The molecule has 0 bridgehead atoms. The highest BCUT2D eigenvalue weighted by Gasteiger charge is 2.12. The molecular weight excluding hydrogens is 322 g/mol. The average Bonchev–Trinajstić information content (AvgIpc) is 2.94. The maximum absolute atomic E-state index is 12.2. The van der Waals surface area contributed by atoms with Crippen LogP contribution in [0.4, 0.5) is 5.69 Å². The quantitative estimate of drug-likeness (QED) is 0.532. The molecule has 0 atom stereocenters. The molecule has 0 aliphatic heterocycles. The first kappa shape index (κ1) is 16.3. The van der Waals surface area contributed by atoms with Gasteiger partial charge in [0.15, 0.2) is 5.82 Å². The highest BCUT2D eigenvalue weighted by Crippen LogP contribution is 2.23. The van der Waals surface area contributed by atoms with Gasteiger partial charge in [-0.15, -0.1) is 10.2 Å². The fourth-order valence-corrected chi connectivity index (χ4v) is 3.13. The van der Waals surface area contributed by atoms with Gasteiger partial charge in [-0.2, -0.15) is 0 Å². The number of thioether (sulfide) groups is 1. The van der Waals surface area contributed by atoms with E-state index in [1.165, 1.54) is 16.4 Å². The third-order valence-electron chi connectivity index (χ3n) is 3.60. The van der Waals surface area contributed by atoms with Gasteiger partial charge in [0.2, 0.25) is 11.1 Å². The summed E-state index contributed by atoms with van der Waals surface area (Å²) in [5.74, 6) is 6.80. The predicted octanol–water partition coefficient (Wildman–Crippen LogP) is 2.83. The number of nitrogens with two attached hydrogens (primary N) is 1. The average molecular weight is 341 g/mol. The molecule has 1 aromatic heterocycles. The van der Waals surface area contributed by atoms with Crippen molar-refractivity contribution in [3.05, 3.63) is 48.3 Å². The monoisotopic (exact) mass is 341 g/mol. The Balaban J connectivity index is 1.65. The summed E-state index contributed by atoms with van der Waals surface area (Å²) in [5.41, 5.74) is 0.805. The van der Waals surface area contributed by atoms with Crippen LogP contribution in [0.25, 0.3) is 10.8 Å². The molecule has 0 aliphatic rings. The number of aryl methyl sites for hydroxylation is 1. The van der Waals surface area contributed by atoms with Crippen molar-refractivity contribution >= 4 is 34.1 Å². The van der Waals surface area contributed by atoms with Gasteiger partial charge in [-0.1, -0.05) is 55.1 Å². The minimum absolute atomic E-state index is 0.101. The van der Waals surface area contributed by atoms with E-state index in [9.17, 15) is 4.79 Å². The van der Waals surface area contributed by atoms with Gasteiger partial charge >= 0.3 is 0 Å². The molecule has 0 spiro atoms. The number of anilines is 1. The normalized spacial score (nSPS) is 10.9. The van der Waals surface area contributed by atoms with Crippen LogP contribution >= 0.6 is 11.8 Å².